The first kappa shape index (κ1) is 16.5. The number of rotatable bonds is 4. The highest BCUT2D eigenvalue weighted by molar-refractivity contribution is 8.00. The van der Waals surface area contributed by atoms with Crippen molar-refractivity contribution in [2.75, 3.05) is 10.7 Å². The van der Waals surface area contributed by atoms with Crippen molar-refractivity contribution in [3.8, 4) is 0 Å². The van der Waals surface area contributed by atoms with Crippen molar-refractivity contribution < 1.29 is 9.59 Å². The molecule has 1 heterocycles. The van der Waals surface area contributed by atoms with E-state index < -0.39 is 0 Å². The second-order valence-corrected chi connectivity index (χ2v) is 7.78. The predicted octanol–water partition coefficient (Wildman–Crippen LogP) is 3.87. The number of carbonyl (C=O) groups excluding carboxylic acids is 2. The second-order valence-electron chi connectivity index (χ2n) is 6.33. The van der Waals surface area contributed by atoms with Crippen molar-refractivity contribution in [3.05, 3.63) is 58.6 Å². The van der Waals surface area contributed by atoms with Crippen molar-refractivity contribution >= 4 is 40.9 Å². The summed E-state index contributed by atoms with van der Waals surface area (Å²) in [7, 11) is 0. The van der Waals surface area contributed by atoms with E-state index in [0.29, 0.717) is 28.9 Å². The summed E-state index contributed by atoms with van der Waals surface area (Å²) < 4.78 is 0. The molecule has 25 heavy (non-hydrogen) atoms. The minimum Gasteiger partial charge on any atom is -0.349 e. The van der Waals surface area contributed by atoms with Crippen molar-refractivity contribution in [1.29, 1.82) is 0 Å². The second kappa shape index (κ2) is 6.73. The molecule has 0 bridgehead atoms. The third-order valence-electron chi connectivity index (χ3n) is 4.31. The molecule has 1 N–H and O–H groups in total. The topological polar surface area (TPSA) is 49.4 Å². The third kappa shape index (κ3) is 3.67. The average Bonchev–Trinajstić information content (AvgIpc) is 3.41. The maximum atomic E-state index is 12.5. The molecule has 0 atom stereocenters. The van der Waals surface area contributed by atoms with Crippen LogP contribution in [-0.2, 0) is 11.3 Å². The van der Waals surface area contributed by atoms with Crippen molar-refractivity contribution in [3.63, 3.8) is 0 Å². The lowest BCUT2D eigenvalue weighted by Crippen LogP contribution is -2.35. The molecule has 6 heteroatoms. The minimum atomic E-state index is -0.0731. The van der Waals surface area contributed by atoms with Gasteiger partial charge in [-0.1, -0.05) is 23.7 Å². The number of nitrogens with zero attached hydrogens (tertiary/aromatic N) is 1. The average molecular weight is 373 g/mol. The van der Waals surface area contributed by atoms with Gasteiger partial charge in [0.25, 0.3) is 5.91 Å². The molecule has 4 nitrogen and oxygen atoms in total. The van der Waals surface area contributed by atoms with Crippen molar-refractivity contribution in [2.45, 2.75) is 30.3 Å². The Morgan fingerprint density at radius 2 is 2.08 bits per heavy atom. The Hall–Kier alpha value is -1.98. The van der Waals surface area contributed by atoms with E-state index in [9.17, 15) is 9.59 Å². The van der Waals surface area contributed by atoms with Crippen molar-refractivity contribution in [2.24, 2.45) is 0 Å². The van der Waals surface area contributed by atoms with Crippen LogP contribution in [0.4, 0.5) is 5.69 Å². The summed E-state index contributed by atoms with van der Waals surface area (Å²) >= 11 is 7.57. The normalized spacial score (nSPS) is 16.5. The lowest BCUT2D eigenvalue weighted by Gasteiger charge is -2.29. The number of halogens is 1. The first-order chi connectivity index (χ1) is 12.1. The summed E-state index contributed by atoms with van der Waals surface area (Å²) in [6.45, 7) is 0.445. The van der Waals surface area contributed by atoms with Gasteiger partial charge in [-0.3, -0.25) is 9.59 Å². The SMILES string of the molecule is O=C(NC1CC1)c1ccc2c(c1)N(Cc1cccc(Cl)c1)C(=O)CS2. The molecule has 2 aliphatic rings. The summed E-state index contributed by atoms with van der Waals surface area (Å²) in [5, 5.41) is 3.64. The van der Waals surface area contributed by atoms with Gasteiger partial charge in [0, 0.05) is 21.5 Å². The van der Waals surface area contributed by atoms with Gasteiger partial charge in [-0.2, -0.15) is 0 Å². The first-order valence-corrected chi connectivity index (χ1v) is 9.59. The quantitative estimate of drug-likeness (QED) is 0.886. The van der Waals surface area contributed by atoms with E-state index in [1.165, 1.54) is 11.8 Å². The minimum absolute atomic E-state index is 0.0391. The van der Waals surface area contributed by atoms with Crippen molar-refractivity contribution in [1.82, 2.24) is 5.32 Å². The van der Waals surface area contributed by atoms with Gasteiger partial charge in [-0.25, -0.2) is 0 Å². The smallest absolute Gasteiger partial charge is 0.251 e. The van der Waals surface area contributed by atoms with Gasteiger partial charge in [0.15, 0.2) is 0 Å². The number of benzene rings is 2. The van der Waals surface area contributed by atoms with Gasteiger partial charge in [0.05, 0.1) is 18.0 Å². The number of hydrogen-bond acceptors (Lipinski definition) is 3. The summed E-state index contributed by atoms with van der Waals surface area (Å²) in [6, 6.07) is 13.4. The van der Waals surface area contributed by atoms with Crippen LogP contribution in [0.3, 0.4) is 0 Å². The van der Waals surface area contributed by atoms with Crippen LogP contribution in [0.5, 0.6) is 0 Å². The van der Waals surface area contributed by atoms with Crippen LogP contribution >= 0.6 is 23.4 Å². The molecule has 4 rings (SSSR count). The van der Waals surface area contributed by atoms with Gasteiger partial charge in [0.2, 0.25) is 5.91 Å². The van der Waals surface area contributed by atoms with Crippen LogP contribution < -0.4 is 10.2 Å². The molecule has 2 aromatic carbocycles. The van der Waals surface area contributed by atoms with Crippen LogP contribution in [0.15, 0.2) is 47.4 Å². The lowest BCUT2D eigenvalue weighted by molar-refractivity contribution is -0.116. The standard InChI is InChI=1S/C19H17ClN2O2S/c20-14-3-1-2-12(8-14)10-22-16-9-13(19(24)21-15-5-6-15)4-7-17(16)25-11-18(22)23/h1-4,7-9,15H,5-6,10-11H2,(H,21,24). The summed E-state index contributed by atoms with van der Waals surface area (Å²) in [5.74, 6) is 0.370. The Bertz CT molecular complexity index is 851. The van der Waals surface area contributed by atoms with E-state index in [4.69, 9.17) is 11.6 Å². The molecule has 0 unspecified atom stereocenters. The molecule has 1 fully saturated rings. The maximum absolute atomic E-state index is 12.5. The summed E-state index contributed by atoms with van der Waals surface area (Å²) in [4.78, 5) is 27.6. The highest BCUT2D eigenvalue weighted by atomic mass is 35.5. The number of anilines is 1. The van der Waals surface area contributed by atoms with E-state index in [2.05, 4.69) is 5.32 Å². The number of amides is 2. The maximum Gasteiger partial charge on any atom is 0.251 e. The summed E-state index contributed by atoms with van der Waals surface area (Å²) in [5.41, 5.74) is 2.35. The Balaban J connectivity index is 1.64. The lowest BCUT2D eigenvalue weighted by atomic mass is 10.1. The van der Waals surface area contributed by atoms with E-state index in [1.807, 2.05) is 42.5 Å². The zero-order valence-corrected chi connectivity index (χ0v) is 15.1. The molecule has 0 saturated heterocycles. The Morgan fingerprint density at radius 3 is 2.84 bits per heavy atom. The fourth-order valence-corrected chi connectivity index (χ4v) is 3.96. The third-order valence-corrected chi connectivity index (χ3v) is 5.59. The monoisotopic (exact) mass is 372 g/mol. The van der Waals surface area contributed by atoms with Gasteiger partial charge >= 0.3 is 0 Å². The van der Waals surface area contributed by atoms with Gasteiger partial charge < -0.3 is 10.2 Å². The largest absolute Gasteiger partial charge is 0.349 e. The highest BCUT2D eigenvalue weighted by Crippen LogP contribution is 2.37. The molecule has 1 aliphatic carbocycles. The van der Waals surface area contributed by atoms with Crippen LogP contribution in [0.25, 0.3) is 0 Å². The molecule has 0 aromatic heterocycles. The van der Waals surface area contributed by atoms with E-state index in [1.54, 1.807) is 4.90 Å². The Labute approximate surface area is 155 Å². The van der Waals surface area contributed by atoms with E-state index >= 15 is 0 Å². The molecular formula is C19H17ClN2O2S. The van der Waals surface area contributed by atoms with Gasteiger partial charge in [-0.05, 0) is 48.7 Å². The zero-order valence-electron chi connectivity index (χ0n) is 13.5. The number of fused-ring (bicyclic) bond motifs is 1. The molecule has 2 aromatic rings. The molecule has 0 spiro atoms. The number of carbonyl (C=O) groups is 2. The number of thioether (sulfide) groups is 1. The molecule has 1 saturated carbocycles. The Morgan fingerprint density at radius 1 is 1.24 bits per heavy atom. The van der Waals surface area contributed by atoms with E-state index in [-0.39, 0.29) is 11.8 Å². The van der Waals surface area contributed by atoms with Crippen LogP contribution in [0.2, 0.25) is 5.02 Å². The number of nitrogens with one attached hydrogen (secondary N) is 1. The molecule has 1 aliphatic heterocycles. The van der Waals surface area contributed by atoms with Crippen LogP contribution in [0.1, 0.15) is 28.8 Å². The molecule has 128 valence electrons. The fourth-order valence-electron chi connectivity index (χ4n) is 2.83. The summed E-state index contributed by atoms with van der Waals surface area (Å²) in [6.07, 6.45) is 2.10. The predicted molar refractivity (Wildman–Crippen MR) is 100 cm³/mol. The molecular weight excluding hydrogens is 356 g/mol. The zero-order chi connectivity index (χ0) is 17.4. The van der Waals surface area contributed by atoms with Gasteiger partial charge in [0.1, 0.15) is 0 Å². The fraction of sp³-hybridized carbons (Fsp3) is 0.263. The van der Waals surface area contributed by atoms with E-state index in [0.717, 1.165) is 29.0 Å². The van der Waals surface area contributed by atoms with Gasteiger partial charge in [-0.15, -0.1) is 11.8 Å². The molecule has 2 amide bonds. The number of hydrogen-bond donors (Lipinski definition) is 1. The first-order valence-electron chi connectivity index (χ1n) is 8.23. The highest BCUT2D eigenvalue weighted by Gasteiger charge is 2.28. The van der Waals surface area contributed by atoms with Crippen LogP contribution in [0, 0.1) is 0 Å². The molecule has 0 radical (unpaired) electrons. The van der Waals surface area contributed by atoms with Crippen LogP contribution in [-0.4, -0.2) is 23.6 Å². The Kier molecular flexibility index (Phi) is 4.44.